The number of amides is 2. The van der Waals surface area contributed by atoms with E-state index in [4.69, 9.17) is 4.74 Å². The quantitative estimate of drug-likeness (QED) is 0.617. The van der Waals surface area contributed by atoms with Crippen molar-refractivity contribution in [3.8, 4) is 0 Å². The summed E-state index contributed by atoms with van der Waals surface area (Å²) in [6.07, 6.45) is 4.99. The van der Waals surface area contributed by atoms with Crippen molar-refractivity contribution in [1.29, 1.82) is 0 Å². The summed E-state index contributed by atoms with van der Waals surface area (Å²) in [6, 6.07) is 19.9. The minimum absolute atomic E-state index is 0.0177. The molecule has 3 heterocycles. The molecule has 170 valence electrons. The second-order valence-electron chi connectivity index (χ2n) is 9.05. The largest absolute Gasteiger partial charge is 0.363 e. The molecule has 0 saturated carbocycles. The first kappa shape index (κ1) is 21.6. The van der Waals surface area contributed by atoms with Gasteiger partial charge in [-0.2, -0.15) is 0 Å². The molecule has 2 aromatic carbocycles. The highest BCUT2D eigenvalue weighted by Gasteiger charge is 2.41. The number of para-hydroxylation sites is 1. The Morgan fingerprint density at radius 1 is 1.00 bits per heavy atom. The van der Waals surface area contributed by atoms with Crippen molar-refractivity contribution in [3.05, 3.63) is 78.0 Å². The Balaban J connectivity index is 1.27. The molecule has 5 rings (SSSR count). The van der Waals surface area contributed by atoms with Crippen LogP contribution in [0.25, 0.3) is 10.9 Å². The molecule has 1 spiro atoms. The Hall–Kier alpha value is -3.25. The second-order valence-corrected chi connectivity index (χ2v) is 9.05. The number of likely N-dealkylation sites (tertiary alicyclic amines) is 1. The number of hydrogen-bond acceptors (Lipinski definition) is 4. The molecule has 0 aliphatic carbocycles. The van der Waals surface area contributed by atoms with Gasteiger partial charge in [0.05, 0.1) is 16.7 Å². The van der Waals surface area contributed by atoms with Gasteiger partial charge in [-0.15, -0.1) is 0 Å². The van der Waals surface area contributed by atoms with Gasteiger partial charge in [-0.3, -0.25) is 14.6 Å². The van der Waals surface area contributed by atoms with Crippen LogP contribution in [-0.4, -0.2) is 65.0 Å². The van der Waals surface area contributed by atoms with Gasteiger partial charge in [0.1, 0.15) is 6.61 Å². The predicted octanol–water partition coefficient (Wildman–Crippen LogP) is 3.70. The number of aromatic nitrogens is 1. The highest BCUT2D eigenvalue weighted by molar-refractivity contribution is 6.05. The van der Waals surface area contributed by atoms with E-state index in [1.165, 1.54) is 5.56 Å². The Morgan fingerprint density at radius 2 is 1.85 bits per heavy atom. The molecule has 6 heteroatoms. The molecule has 2 aliphatic rings. The number of morpholine rings is 1. The zero-order valence-corrected chi connectivity index (χ0v) is 18.8. The fourth-order valence-corrected chi connectivity index (χ4v) is 5.02. The average molecular weight is 444 g/mol. The minimum atomic E-state index is -0.378. The topological polar surface area (TPSA) is 62.7 Å². The summed E-state index contributed by atoms with van der Waals surface area (Å²) in [5, 5.41) is 0.970. The summed E-state index contributed by atoms with van der Waals surface area (Å²) < 4.78 is 6.14. The van der Waals surface area contributed by atoms with Crippen molar-refractivity contribution in [3.63, 3.8) is 0 Å². The third-order valence-corrected chi connectivity index (χ3v) is 6.89. The van der Waals surface area contributed by atoms with E-state index in [9.17, 15) is 9.59 Å². The van der Waals surface area contributed by atoms with Crippen LogP contribution in [0.15, 0.2) is 66.9 Å². The third kappa shape index (κ3) is 4.62. The van der Waals surface area contributed by atoms with Gasteiger partial charge in [0, 0.05) is 37.8 Å². The summed E-state index contributed by atoms with van der Waals surface area (Å²) in [4.78, 5) is 34.3. The molecular weight excluding hydrogens is 414 g/mol. The van der Waals surface area contributed by atoms with E-state index in [-0.39, 0.29) is 24.0 Å². The van der Waals surface area contributed by atoms with Gasteiger partial charge in [-0.05, 0) is 43.4 Å². The number of benzene rings is 2. The SMILES string of the molecule is O=C1CO[C@@]2(CCCN(C(=O)c3cccc4cccnc34)CC2)CN1CCc1ccccc1. The smallest absolute Gasteiger partial charge is 0.256 e. The van der Waals surface area contributed by atoms with Crippen molar-refractivity contribution in [2.24, 2.45) is 0 Å². The first-order valence-electron chi connectivity index (χ1n) is 11.7. The number of pyridine rings is 1. The zero-order valence-electron chi connectivity index (χ0n) is 18.8. The second kappa shape index (κ2) is 9.32. The van der Waals surface area contributed by atoms with Gasteiger partial charge in [0.25, 0.3) is 5.91 Å². The number of ether oxygens (including phenoxy) is 1. The normalized spacial score (nSPS) is 21.4. The van der Waals surface area contributed by atoms with Gasteiger partial charge in [-0.25, -0.2) is 0 Å². The van der Waals surface area contributed by atoms with Gasteiger partial charge in [0.15, 0.2) is 0 Å². The maximum Gasteiger partial charge on any atom is 0.256 e. The first-order chi connectivity index (χ1) is 16.1. The van der Waals surface area contributed by atoms with E-state index in [0.29, 0.717) is 31.7 Å². The van der Waals surface area contributed by atoms with Crippen molar-refractivity contribution in [1.82, 2.24) is 14.8 Å². The molecule has 0 unspecified atom stereocenters. The summed E-state index contributed by atoms with van der Waals surface area (Å²) in [5.74, 6) is 0.0692. The van der Waals surface area contributed by atoms with E-state index in [1.807, 2.05) is 58.3 Å². The molecule has 2 amide bonds. The van der Waals surface area contributed by atoms with Crippen LogP contribution >= 0.6 is 0 Å². The fourth-order valence-electron chi connectivity index (χ4n) is 5.02. The Kier molecular flexibility index (Phi) is 6.09. The lowest BCUT2D eigenvalue weighted by atomic mass is 9.92. The highest BCUT2D eigenvalue weighted by atomic mass is 16.5. The molecule has 0 radical (unpaired) electrons. The summed E-state index contributed by atoms with van der Waals surface area (Å²) in [5.41, 5.74) is 2.24. The van der Waals surface area contributed by atoms with Crippen molar-refractivity contribution >= 4 is 22.7 Å². The molecule has 33 heavy (non-hydrogen) atoms. The van der Waals surface area contributed by atoms with E-state index in [1.54, 1.807) is 6.20 Å². The summed E-state index contributed by atoms with van der Waals surface area (Å²) in [6.45, 7) is 2.71. The number of nitrogens with zero attached hydrogens (tertiary/aromatic N) is 3. The molecule has 0 N–H and O–H groups in total. The summed E-state index contributed by atoms with van der Waals surface area (Å²) >= 11 is 0. The number of rotatable bonds is 4. The van der Waals surface area contributed by atoms with Crippen LogP contribution in [0, 0.1) is 0 Å². The third-order valence-electron chi connectivity index (χ3n) is 6.89. The number of fused-ring (bicyclic) bond motifs is 1. The van der Waals surface area contributed by atoms with E-state index in [2.05, 4.69) is 17.1 Å². The van der Waals surface area contributed by atoms with Crippen LogP contribution in [0.4, 0.5) is 0 Å². The minimum Gasteiger partial charge on any atom is -0.363 e. The molecule has 2 fully saturated rings. The van der Waals surface area contributed by atoms with Gasteiger partial charge in [-0.1, -0.05) is 48.5 Å². The Morgan fingerprint density at radius 3 is 2.73 bits per heavy atom. The first-order valence-corrected chi connectivity index (χ1v) is 11.7. The molecule has 1 aromatic heterocycles. The maximum atomic E-state index is 13.4. The van der Waals surface area contributed by atoms with E-state index < -0.39 is 0 Å². The lowest BCUT2D eigenvalue weighted by Gasteiger charge is -2.42. The van der Waals surface area contributed by atoms with Crippen LogP contribution in [0.5, 0.6) is 0 Å². The number of carbonyl (C=O) groups excluding carboxylic acids is 2. The maximum absolute atomic E-state index is 13.4. The highest BCUT2D eigenvalue weighted by Crippen LogP contribution is 2.31. The molecule has 0 bridgehead atoms. The molecular formula is C27H29N3O3. The Bertz CT molecular complexity index is 1140. The Labute approximate surface area is 194 Å². The fraction of sp³-hybridized carbons (Fsp3) is 0.370. The van der Waals surface area contributed by atoms with Gasteiger partial charge >= 0.3 is 0 Å². The number of hydrogen-bond donors (Lipinski definition) is 0. The number of carbonyl (C=O) groups is 2. The van der Waals surface area contributed by atoms with Gasteiger partial charge < -0.3 is 14.5 Å². The molecule has 6 nitrogen and oxygen atoms in total. The van der Waals surface area contributed by atoms with E-state index in [0.717, 1.165) is 36.6 Å². The van der Waals surface area contributed by atoms with Crippen LogP contribution in [-0.2, 0) is 16.0 Å². The lowest BCUT2D eigenvalue weighted by Crippen LogP contribution is -2.55. The molecule has 1 atom stereocenters. The van der Waals surface area contributed by atoms with Crippen molar-refractivity contribution < 1.29 is 14.3 Å². The van der Waals surface area contributed by atoms with E-state index >= 15 is 0 Å². The lowest BCUT2D eigenvalue weighted by molar-refractivity contribution is -0.165. The van der Waals surface area contributed by atoms with Crippen molar-refractivity contribution in [2.45, 2.75) is 31.3 Å². The van der Waals surface area contributed by atoms with Crippen LogP contribution in [0.3, 0.4) is 0 Å². The average Bonchev–Trinajstić information content (AvgIpc) is 3.07. The zero-order chi connectivity index (χ0) is 22.7. The summed E-state index contributed by atoms with van der Waals surface area (Å²) in [7, 11) is 0. The van der Waals surface area contributed by atoms with Crippen LogP contribution in [0.1, 0.15) is 35.2 Å². The monoisotopic (exact) mass is 443 g/mol. The van der Waals surface area contributed by atoms with Crippen LogP contribution in [0.2, 0.25) is 0 Å². The van der Waals surface area contributed by atoms with Crippen molar-refractivity contribution in [2.75, 3.05) is 32.8 Å². The standard InChI is InChI=1S/C27H29N3O3/c31-24-19-33-27(20-30(24)17-12-21-7-2-1-3-8-21)13-6-16-29(18-14-27)26(32)23-11-4-9-22-10-5-15-28-25(22)23/h1-5,7-11,15H,6,12-14,16-20H2/t27-/m1/s1. The molecule has 2 aliphatic heterocycles. The van der Waals surface area contributed by atoms with Gasteiger partial charge in [0.2, 0.25) is 5.91 Å². The predicted molar refractivity (Wildman–Crippen MR) is 127 cm³/mol. The van der Waals surface area contributed by atoms with Crippen LogP contribution < -0.4 is 0 Å². The molecule has 3 aromatic rings. The molecule has 2 saturated heterocycles.